The van der Waals surface area contributed by atoms with Gasteiger partial charge in [-0.3, -0.25) is 34.2 Å². The van der Waals surface area contributed by atoms with Crippen LogP contribution in [-0.4, -0.2) is 120 Å². The molecule has 49 heavy (non-hydrogen) atoms. The predicted molar refractivity (Wildman–Crippen MR) is 160 cm³/mol. The average Bonchev–Trinajstić information content (AvgIpc) is 2.95. The number of azide groups is 1. The standard InChI is InChI=1S/C26H33Cl3N4O16/c1-9(34)40-8-16-18(20(43-12(4)37)22(45-14(6)39)24(47-16)49-25(30)26(27,28)29)48-23-21(44-13(5)38)19(42-11(3)36)17(41-10(2)35)15(46-23)7-32-33-31/h15-24,30H,7-8H2,1-6H3/t15-,16-,17+,18-,19+,20+,21-,22-,23+,24-/m1/s1. The number of nitrogens with one attached hydrogen (secondary N) is 1. The summed E-state index contributed by atoms with van der Waals surface area (Å²) in [6, 6.07) is 0. The molecule has 0 aromatic carbocycles. The highest BCUT2D eigenvalue weighted by molar-refractivity contribution is 6.76. The van der Waals surface area contributed by atoms with Crippen molar-refractivity contribution in [1.29, 1.82) is 5.41 Å². The molecule has 274 valence electrons. The number of alkyl halides is 3. The van der Waals surface area contributed by atoms with Crippen LogP contribution in [0.1, 0.15) is 41.5 Å². The van der Waals surface area contributed by atoms with Crippen molar-refractivity contribution in [2.75, 3.05) is 13.2 Å². The third kappa shape index (κ3) is 12.6. The Hall–Kier alpha value is -3.65. The molecule has 0 bridgehead atoms. The van der Waals surface area contributed by atoms with E-state index in [9.17, 15) is 28.8 Å². The zero-order valence-electron chi connectivity index (χ0n) is 26.7. The largest absolute Gasteiger partial charge is 0.463 e. The second kappa shape index (κ2) is 18.4. The highest BCUT2D eigenvalue weighted by Gasteiger charge is 2.58. The molecule has 2 saturated heterocycles. The smallest absolute Gasteiger partial charge is 0.303 e. The summed E-state index contributed by atoms with van der Waals surface area (Å²) in [5, 5.41) is 11.5. The summed E-state index contributed by atoms with van der Waals surface area (Å²) < 4.78 is 52.9. The van der Waals surface area contributed by atoms with E-state index >= 15 is 0 Å². The van der Waals surface area contributed by atoms with E-state index in [0.29, 0.717) is 0 Å². The number of halogens is 3. The first-order chi connectivity index (χ1) is 22.7. The van der Waals surface area contributed by atoms with Gasteiger partial charge in [-0.05, 0) is 5.53 Å². The first-order valence-corrected chi connectivity index (χ1v) is 15.2. The van der Waals surface area contributed by atoms with E-state index in [1.807, 2.05) is 0 Å². The second-order valence-electron chi connectivity index (χ2n) is 10.2. The van der Waals surface area contributed by atoms with Crippen molar-refractivity contribution in [3.63, 3.8) is 0 Å². The van der Waals surface area contributed by atoms with Crippen LogP contribution in [0, 0.1) is 5.41 Å². The Morgan fingerprint density at radius 3 is 1.53 bits per heavy atom. The summed E-state index contributed by atoms with van der Waals surface area (Å²) in [5.41, 5.74) is 8.98. The monoisotopic (exact) mass is 762 g/mol. The maximum absolute atomic E-state index is 12.4. The van der Waals surface area contributed by atoms with E-state index in [1.54, 1.807) is 0 Å². The third-order valence-corrected chi connectivity index (χ3v) is 6.77. The molecule has 20 nitrogen and oxygen atoms in total. The quantitative estimate of drug-likeness (QED) is 0.0433. The molecule has 2 fully saturated rings. The summed E-state index contributed by atoms with van der Waals surface area (Å²) in [5.74, 6) is -6.56. The second-order valence-corrected chi connectivity index (χ2v) is 12.5. The summed E-state index contributed by atoms with van der Waals surface area (Å²) in [7, 11) is 0. The molecule has 1 N–H and O–H groups in total. The lowest BCUT2D eigenvalue weighted by Crippen LogP contribution is -2.67. The van der Waals surface area contributed by atoms with Crippen LogP contribution in [0.4, 0.5) is 0 Å². The van der Waals surface area contributed by atoms with Crippen LogP contribution in [0.5, 0.6) is 0 Å². The first-order valence-electron chi connectivity index (χ1n) is 14.0. The maximum Gasteiger partial charge on any atom is 0.303 e. The predicted octanol–water partition coefficient (Wildman–Crippen LogP) is 1.72. The molecule has 2 rings (SSSR count). The van der Waals surface area contributed by atoms with Crippen molar-refractivity contribution in [3.8, 4) is 0 Å². The Morgan fingerprint density at radius 1 is 0.653 bits per heavy atom. The van der Waals surface area contributed by atoms with Gasteiger partial charge in [-0.2, -0.15) is 0 Å². The van der Waals surface area contributed by atoms with Crippen LogP contribution < -0.4 is 0 Å². The lowest BCUT2D eigenvalue weighted by Gasteiger charge is -2.48. The highest BCUT2D eigenvalue weighted by Crippen LogP contribution is 2.37. The maximum atomic E-state index is 12.4. The Bertz CT molecular complexity index is 1330. The van der Waals surface area contributed by atoms with E-state index in [-0.39, 0.29) is 0 Å². The number of hydrogen-bond donors (Lipinski definition) is 1. The molecule has 2 aliphatic heterocycles. The summed E-state index contributed by atoms with van der Waals surface area (Å²) in [6.45, 7) is 4.80. The van der Waals surface area contributed by atoms with E-state index < -0.39 is 120 Å². The lowest BCUT2D eigenvalue weighted by molar-refractivity contribution is -0.353. The van der Waals surface area contributed by atoms with Gasteiger partial charge in [-0.25, -0.2) is 0 Å². The molecule has 0 aliphatic carbocycles. The zero-order chi connectivity index (χ0) is 37.2. The lowest BCUT2D eigenvalue weighted by atomic mass is 9.95. The van der Waals surface area contributed by atoms with Crippen molar-refractivity contribution < 1.29 is 76.1 Å². The number of esters is 6. The number of carbonyl (C=O) groups excluding carboxylic acids is 6. The van der Waals surface area contributed by atoms with Gasteiger partial charge in [0.15, 0.2) is 30.7 Å². The number of ether oxygens (including phenoxy) is 10. The molecular formula is C26H33Cl3N4O16. The Morgan fingerprint density at radius 2 is 1.08 bits per heavy atom. The van der Waals surface area contributed by atoms with E-state index in [1.165, 1.54) is 0 Å². The molecule has 0 saturated carbocycles. The fraction of sp³-hybridized carbons (Fsp3) is 0.731. The summed E-state index contributed by atoms with van der Waals surface area (Å²) in [4.78, 5) is 75.6. The minimum absolute atomic E-state index is 0.546. The Balaban J connectivity index is 2.76. The molecule has 0 unspecified atom stereocenters. The van der Waals surface area contributed by atoms with Crippen molar-refractivity contribution in [2.45, 2.75) is 107 Å². The van der Waals surface area contributed by atoms with Crippen LogP contribution >= 0.6 is 34.8 Å². The van der Waals surface area contributed by atoms with Gasteiger partial charge in [0, 0.05) is 46.5 Å². The van der Waals surface area contributed by atoms with Gasteiger partial charge in [0.1, 0.15) is 24.9 Å². The van der Waals surface area contributed by atoms with Gasteiger partial charge in [0.2, 0.25) is 18.3 Å². The van der Waals surface area contributed by atoms with Crippen LogP contribution in [-0.2, 0) is 76.1 Å². The normalized spacial score (nSPS) is 29.6. The number of nitrogens with zero attached hydrogens (tertiary/aromatic N) is 3. The van der Waals surface area contributed by atoms with Gasteiger partial charge >= 0.3 is 35.8 Å². The summed E-state index contributed by atoms with van der Waals surface area (Å²) >= 11 is 17.3. The fourth-order valence-electron chi connectivity index (χ4n) is 4.68. The number of rotatable bonds is 12. The molecular weight excluding hydrogens is 731 g/mol. The number of hydrogen-bond acceptors (Lipinski definition) is 18. The topological polar surface area (TPSA) is 267 Å². The van der Waals surface area contributed by atoms with Gasteiger partial charge in [-0.15, -0.1) is 0 Å². The SMILES string of the molecule is CC(=O)OC[C@H]1O[C@H](OC(=N)C(Cl)(Cl)Cl)[C@H](OC(C)=O)[C@@H](OC(C)=O)[C@@H]1O[C@@H]1O[C@H](CN=[N+]=[N-])[C@H](OC(C)=O)[C@H](OC(C)=O)[C@H]1OC(C)=O. The molecule has 0 amide bonds. The van der Waals surface area contributed by atoms with E-state index in [2.05, 4.69) is 10.0 Å². The minimum Gasteiger partial charge on any atom is -0.463 e. The Labute approximate surface area is 293 Å². The first kappa shape index (κ1) is 41.5. The minimum atomic E-state index is -2.45. The van der Waals surface area contributed by atoms with Crippen molar-refractivity contribution in [3.05, 3.63) is 10.4 Å². The average molecular weight is 764 g/mol. The highest BCUT2D eigenvalue weighted by atomic mass is 35.6. The summed E-state index contributed by atoms with van der Waals surface area (Å²) in [6.07, 6.45) is -16.9. The molecule has 23 heteroatoms. The van der Waals surface area contributed by atoms with Crippen molar-refractivity contribution in [1.82, 2.24) is 0 Å². The van der Waals surface area contributed by atoms with Gasteiger partial charge < -0.3 is 47.4 Å². The molecule has 0 radical (unpaired) electrons. The van der Waals surface area contributed by atoms with Crippen LogP contribution in [0.2, 0.25) is 0 Å². The van der Waals surface area contributed by atoms with Crippen LogP contribution in [0.25, 0.3) is 10.4 Å². The third-order valence-electron chi connectivity index (χ3n) is 6.25. The fourth-order valence-corrected chi connectivity index (χ4v) is 4.81. The van der Waals surface area contributed by atoms with Crippen LogP contribution in [0.15, 0.2) is 5.11 Å². The zero-order valence-corrected chi connectivity index (χ0v) is 29.0. The molecule has 0 aromatic heterocycles. The van der Waals surface area contributed by atoms with Crippen molar-refractivity contribution >= 4 is 76.5 Å². The Kier molecular flexibility index (Phi) is 15.6. The number of carbonyl (C=O) groups is 6. The van der Waals surface area contributed by atoms with Crippen LogP contribution in [0.3, 0.4) is 0 Å². The molecule has 10 atom stereocenters. The molecule has 2 heterocycles. The van der Waals surface area contributed by atoms with Crippen molar-refractivity contribution in [2.24, 2.45) is 5.11 Å². The van der Waals surface area contributed by atoms with E-state index in [4.69, 9.17) is 93.1 Å². The van der Waals surface area contributed by atoms with E-state index in [0.717, 1.165) is 41.5 Å². The van der Waals surface area contributed by atoms with Gasteiger partial charge in [0.05, 0.1) is 6.54 Å². The van der Waals surface area contributed by atoms with Gasteiger partial charge in [0.25, 0.3) is 3.79 Å². The van der Waals surface area contributed by atoms with Gasteiger partial charge in [-0.1, -0.05) is 39.9 Å². The molecule has 0 spiro atoms. The molecule has 0 aromatic rings. The molecule has 2 aliphatic rings.